The zero-order chi connectivity index (χ0) is 23.5. The van der Waals surface area contributed by atoms with Crippen molar-refractivity contribution in [3.63, 3.8) is 0 Å². The molecule has 2 aromatic carbocycles. The molecule has 3 aromatic heterocycles. The van der Waals surface area contributed by atoms with Gasteiger partial charge in [0.2, 0.25) is 11.7 Å². The monoisotopic (exact) mass is 492 g/mol. The molecule has 10 heteroatoms. The van der Waals surface area contributed by atoms with E-state index < -0.39 is 0 Å². The fourth-order valence-corrected chi connectivity index (χ4v) is 5.02. The number of rotatable bonds is 8. The molecule has 0 spiro atoms. The minimum absolute atomic E-state index is 0.0734. The van der Waals surface area contributed by atoms with Gasteiger partial charge in [0, 0.05) is 10.9 Å². The van der Waals surface area contributed by atoms with Gasteiger partial charge in [0.05, 0.1) is 43.0 Å². The van der Waals surface area contributed by atoms with Gasteiger partial charge in [-0.2, -0.15) is 4.98 Å². The third-order valence-electron chi connectivity index (χ3n) is 5.16. The van der Waals surface area contributed by atoms with Crippen LogP contribution in [0.5, 0.6) is 11.5 Å². The minimum atomic E-state index is -0.0734. The van der Waals surface area contributed by atoms with Crippen LogP contribution in [0, 0.1) is 0 Å². The van der Waals surface area contributed by atoms with Crippen molar-refractivity contribution in [1.29, 1.82) is 0 Å². The summed E-state index contributed by atoms with van der Waals surface area (Å²) >= 11 is 2.99. The molecule has 0 fully saturated rings. The number of nitrogens with zero attached hydrogens (tertiary/aromatic N) is 4. The van der Waals surface area contributed by atoms with Crippen molar-refractivity contribution in [3.8, 4) is 22.9 Å². The van der Waals surface area contributed by atoms with Crippen molar-refractivity contribution in [1.82, 2.24) is 19.7 Å². The number of hydrogen-bond acceptors (Lipinski definition) is 9. The highest BCUT2D eigenvalue weighted by Gasteiger charge is 2.17. The number of aromatic nitrogens is 4. The quantitative estimate of drug-likeness (QED) is 0.224. The first-order valence-electron chi connectivity index (χ1n) is 10.4. The van der Waals surface area contributed by atoms with Crippen LogP contribution in [-0.2, 0) is 12.3 Å². The van der Waals surface area contributed by atoms with Gasteiger partial charge in [-0.05, 0) is 35.7 Å². The minimum Gasteiger partial charge on any atom is -0.497 e. The van der Waals surface area contributed by atoms with Gasteiger partial charge in [-0.3, -0.25) is 9.36 Å². The van der Waals surface area contributed by atoms with Gasteiger partial charge in [-0.1, -0.05) is 35.1 Å². The van der Waals surface area contributed by atoms with Crippen LogP contribution in [0.2, 0.25) is 0 Å². The molecular formula is C24H20N4O4S2. The van der Waals surface area contributed by atoms with Crippen LogP contribution in [0.3, 0.4) is 0 Å². The number of fused-ring (bicyclic) bond motifs is 1. The predicted molar refractivity (Wildman–Crippen MR) is 132 cm³/mol. The summed E-state index contributed by atoms with van der Waals surface area (Å²) in [6.07, 6.45) is 0. The normalized spacial score (nSPS) is 11.1. The lowest BCUT2D eigenvalue weighted by Gasteiger charge is -2.11. The summed E-state index contributed by atoms with van der Waals surface area (Å²) in [4.78, 5) is 23.6. The van der Waals surface area contributed by atoms with Crippen molar-refractivity contribution in [3.05, 3.63) is 81.1 Å². The van der Waals surface area contributed by atoms with E-state index in [0.717, 1.165) is 4.88 Å². The number of thiophene rings is 1. The second-order valence-corrected chi connectivity index (χ2v) is 9.22. The molecule has 0 aliphatic rings. The van der Waals surface area contributed by atoms with E-state index in [9.17, 15) is 4.79 Å². The lowest BCUT2D eigenvalue weighted by Crippen LogP contribution is -2.23. The Kier molecular flexibility index (Phi) is 6.33. The van der Waals surface area contributed by atoms with E-state index in [1.54, 1.807) is 42.3 Å². The number of thioether (sulfide) groups is 1. The van der Waals surface area contributed by atoms with Gasteiger partial charge >= 0.3 is 0 Å². The first-order valence-corrected chi connectivity index (χ1v) is 12.2. The summed E-state index contributed by atoms with van der Waals surface area (Å²) in [5, 5.41) is 7.29. The lowest BCUT2D eigenvalue weighted by molar-refractivity contribution is 0.388. The van der Waals surface area contributed by atoms with E-state index in [1.165, 1.54) is 11.8 Å². The van der Waals surface area contributed by atoms with Crippen LogP contribution in [0.1, 0.15) is 10.8 Å². The Morgan fingerprint density at radius 3 is 2.74 bits per heavy atom. The highest BCUT2D eigenvalue weighted by atomic mass is 32.2. The van der Waals surface area contributed by atoms with E-state index in [-0.39, 0.29) is 5.56 Å². The van der Waals surface area contributed by atoms with Gasteiger partial charge in [0.1, 0.15) is 11.5 Å². The third-order valence-corrected chi connectivity index (χ3v) is 6.99. The maximum Gasteiger partial charge on any atom is 0.262 e. The molecular weight excluding hydrogens is 472 g/mol. The molecule has 3 heterocycles. The zero-order valence-corrected chi connectivity index (χ0v) is 20.1. The Labute approximate surface area is 203 Å². The van der Waals surface area contributed by atoms with Crippen molar-refractivity contribution in [2.75, 3.05) is 14.2 Å². The second-order valence-electron chi connectivity index (χ2n) is 7.25. The standard InChI is InChI=1S/C24H20N4O4S2/c1-30-15-9-10-18(20(12-15)31-2)22-26-21(32-27-22)14-34-24-25-19-8-4-3-7-17(19)23(29)28(24)13-16-6-5-11-33-16/h3-12H,13-14H2,1-2H3. The molecule has 34 heavy (non-hydrogen) atoms. The summed E-state index contributed by atoms with van der Waals surface area (Å²) in [6.45, 7) is 0.453. The topological polar surface area (TPSA) is 92.3 Å². The number of methoxy groups -OCH3 is 2. The van der Waals surface area contributed by atoms with Crippen LogP contribution in [-0.4, -0.2) is 33.9 Å². The average molecular weight is 493 g/mol. The van der Waals surface area contributed by atoms with Gasteiger partial charge in [-0.25, -0.2) is 4.98 Å². The van der Waals surface area contributed by atoms with Crippen molar-refractivity contribution in [2.24, 2.45) is 0 Å². The third kappa shape index (κ3) is 4.42. The summed E-state index contributed by atoms with van der Waals surface area (Å²) in [5.41, 5.74) is 1.28. The number of hydrogen-bond donors (Lipinski definition) is 0. The highest BCUT2D eigenvalue weighted by molar-refractivity contribution is 7.98. The smallest absolute Gasteiger partial charge is 0.262 e. The Morgan fingerprint density at radius 1 is 1.06 bits per heavy atom. The molecule has 5 aromatic rings. The number of para-hydroxylation sites is 1. The highest BCUT2D eigenvalue weighted by Crippen LogP contribution is 2.32. The van der Waals surface area contributed by atoms with E-state index >= 15 is 0 Å². The van der Waals surface area contributed by atoms with Gasteiger partial charge < -0.3 is 14.0 Å². The summed E-state index contributed by atoms with van der Waals surface area (Å²) < 4.78 is 17.9. The van der Waals surface area contributed by atoms with Crippen molar-refractivity contribution < 1.29 is 14.0 Å². The van der Waals surface area contributed by atoms with Gasteiger partial charge in [0.15, 0.2) is 5.16 Å². The zero-order valence-electron chi connectivity index (χ0n) is 18.4. The lowest BCUT2D eigenvalue weighted by atomic mass is 10.2. The molecule has 8 nitrogen and oxygen atoms in total. The maximum absolute atomic E-state index is 13.2. The Bertz CT molecular complexity index is 1490. The fraction of sp³-hybridized carbons (Fsp3) is 0.167. The molecule has 0 atom stereocenters. The van der Waals surface area contributed by atoms with Crippen LogP contribution in [0.15, 0.2) is 74.5 Å². The SMILES string of the molecule is COc1ccc(-c2noc(CSc3nc4ccccc4c(=O)n3Cc3cccs3)n2)c(OC)c1. The Balaban J connectivity index is 1.44. The summed E-state index contributed by atoms with van der Waals surface area (Å²) in [7, 11) is 3.17. The van der Waals surface area contributed by atoms with Crippen LogP contribution < -0.4 is 15.0 Å². The average Bonchev–Trinajstić information content (AvgIpc) is 3.56. The van der Waals surface area contributed by atoms with Gasteiger partial charge in [0.25, 0.3) is 5.56 Å². The summed E-state index contributed by atoms with van der Waals surface area (Å²) in [5.74, 6) is 2.45. The fourth-order valence-electron chi connectivity index (χ4n) is 3.49. The Hall–Kier alpha value is -3.63. The largest absolute Gasteiger partial charge is 0.497 e. The maximum atomic E-state index is 13.2. The second kappa shape index (κ2) is 9.70. The van der Waals surface area contributed by atoms with Crippen LogP contribution in [0.25, 0.3) is 22.3 Å². The van der Waals surface area contributed by atoms with Gasteiger partial charge in [-0.15, -0.1) is 11.3 Å². The number of benzene rings is 2. The molecule has 0 saturated carbocycles. The van der Waals surface area contributed by atoms with E-state index in [4.69, 9.17) is 19.0 Å². The van der Waals surface area contributed by atoms with Crippen molar-refractivity contribution in [2.45, 2.75) is 17.5 Å². The Morgan fingerprint density at radius 2 is 1.94 bits per heavy atom. The first-order chi connectivity index (χ1) is 16.7. The molecule has 0 amide bonds. The summed E-state index contributed by atoms with van der Waals surface area (Å²) in [6, 6.07) is 16.7. The molecule has 0 aliphatic carbocycles. The molecule has 0 bridgehead atoms. The molecule has 172 valence electrons. The molecule has 0 aliphatic heterocycles. The van der Waals surface area contributed by atoms with E-state index in [1.807, 2.05) is 47.8 Å². The molecule has 0 saturated heterocycles. The molecule has 0 radical (unpaired) electrons. The molecule has 0 N–H and O–H groups in total. The van der Waals surface area contributed by atoms with E-state index in [2.05, 4.69) is 10.1 Å². The van der Waals surface area contributed by atoms with E-state index in [0.29, 0.717) is 57.1 Å². The predicted octanol–water partition coefficient (Wildman–Crippen LogP) is 4.87. The van der Waals surface area contributed by atoms with Crippen LogP contribution >= 0.6 is 23.1 Å². The van der Waals surface area contributed by atoms with Crippen LogP contribution in [0.4, 0.5) is 0 Å². The number of ether oxygens (including phenoxy) is 2. The van der Waals surface area contributed by atoms with Crippen molar-refractivity contribution >= 4 is 34.0 Å². The molecule has 0 unspecified atom stereocenters. The molecule has 5 rings (SSSR count). The first kappa shape index (κ1) is 22.2.